The molecule has 4 aromatic rings. The molecule has 0 bridgehead atoms. The van der Waals surface area contributed by atoms with E-state index in [9.17, 15) is 4.79 Å². The van der Waals surface area contributed by atoms with Crippen molar-refractivity contribution in [3.63, 3.8) is 0 Å². The van der Waals surface area contributed by atoms with Crippen molar-refractivity contribution in [2.45, 2.75) is 6.42 Å². The van der Waals surface area contributed by atoms with E-state index in [-0.39, 0.29) is 5.91 Å². The molecule has 0 spiro atoms. The largest absolute Gasteiger partial charge is 0.465 e. The fourth-order valence-electron chi connectivity index (χ4n) is 2.53. The Kier molecular flexibility index (Phi) is 5.04. The minimum atomic E-state index is -0.168. The second-order valence-electron chi connectivity index (χ2n) is 5.75. The topological polar surface area (TPSA) is 72.4 Å². The molecule has 1 N–H and O–H groups in total. The first-order valence-corrected chi connectivity index (χ1v) is 9.53. The SMILES string of the molecule is O=C(/C=C/c1ccco1)NCCc1csc2nc(-c3ccc(Cl)cc3)nn12. The summed E-state index contributed by atoms with van der Waals surface area (Å²) in [6.45, 7) is 0.503. The molecule has 0 saturated heterocycles. The fraction of sp³-hybridized carbons (Fsp3) is 0.105. The maximum atomic E-state index is 11.9. The first-order valence-electron chi connectivity index (χ1n) is 8.27. The minimum Gasteiger partial charge on any atom is -0.465 e. The van der Waals surface area contributed by atoms with Gasteiger partial charge >= 0.3 is 0 Å². The van der Waals surface area contributed by atoms with Gasteiger partial charge in [-0.3, -0.25) is 4.79 Å². The number of carbonyl (C=O) groups excluding carboxylic acids is 1. The highest BCUT2D eigenvalue weighted by atomic mass is 35.5. The summed E-state index contributed by atoms with van der Waals surface area (Å²) in [6.07, 6.45) is 5.31. The number of nitrogens with one attached hydrogen (secondary N) is 1. The van der Waals surface area contributed by atoms with E-state index < -0.39 is 0 Å². The van der Waals surface area contributed by atoms with Crippen LogP contribution < -0.4 is 5.32 Å². The number of halogens is 1. The van der Waals surface area contributed by atoms with Gasteiger partial charge in [-0.15, -0.1) is 16.4 Å². The first kappa shape index (κ1) is 17.5. The van der Waals surface area contributed by atoms with E-state index in [1.54, 1.807) is 24.5 Å². The highest BCUT2D eigenvalue weighted by molar-refractivity contribution is 7.15. The number of amides is 1. The lowest BCUT2D eigenvalue weighted by atomic mass is 10.2. The quantitative estimate of drug-likeness (QED) is 0.497. The second kappa shape index (κ2) is 7.77. The van der Waals surface area contributed by atoms with Crippen molar-refractivity contribution >= 4 is 39.9 Å². The summed E-state index contributed by atoms with van der Waals surface area (Å²) in [5.41, 5.74) is 1.91. The number of furan rings is 1. The van der Waals surface area contributed by atoms with Crippen LogP contribution in [0, 0.1) is 0 Å². The van der Waals surface area contributed by atoms with Gasteiger partial charge in [-0.05, 0) is 42.5 Å². The van der Waals surface area contributed by atoms with Gasteiger partial charge in [0.25, 0.3) is 0 Å². The van der Waals surface area contributed by atoms with Crippen LogP contribution in [0.15, 0.2) is 58.5 Å². The molecule has 0 aliphatic rings. The van der Waals surface area contributed by atoms with E-state index in [1.807, 2.05) is 34.2 Å². The number of fused-ring (bicyclic) bond motifs is 1. The molecule has 4 rings (SSSR count). The molecule has 1 aromatic carbocycles. The molecule has 1 amide bonds. The van der Waals surface area contributed by atoms with Crippen molar-refractivity contribution in [1.82, 2.24) is 19.9 Å². The lowest BCUT2D eigenvalue weighted by Crippen LogP contribution is -2.23. The van der Waals surface area contributed by atoms with Gasteiger partial charge < -0.3 is 9.73 Å². The van der Waals surface area contributed by atoms with Crippen LogP contribution in [0.25, 0.3) is 22.4 Å². The van der Waals surface area contributed by atoms with Crippen molar-refractivity contribution in [1.29, 1.82) is 0 Å². The van der Waals surface area contributed by atoms with Crippen molar-refractivity contribution in [2.75, 3.05) is 6.54 Å². The standard InChI is InChI=1S/C19H15ClN4O2S/c20-14-5-3-13(4-6-14)18-22-19-24(23-18)15(12-27-19)9-10-21-17(25)8-7-16-2-1-11-26-16/h1-8,11-12H,9-10H2,(H,21,25)/b8-7+. The maximum absolute atomic E-state index is 11.9. The Morgan fingerprint density at radius 1 is 1.30 bits per heavy atom. The Balaban J connectivity index is 1.39. The van der Waals surface area contributed by atoms with Crippen molar-refractivity contribution in [3.05, 3.63) is 70.6 Å². The zero-order valence-corrected chi connectivity index (χ0v) is 15.7. The third-order valence-electron chi connectivity index (χ3n) is 3.87. The number of thiazole rings is 1. The van der Waals surface area contributed by atoms with Crippen molar-refractivity contribution in [3.8, 4) is 11.4 Å². The smallest absolute Gasteiger partial charge is 0.244 e. The van der Waals surface area contributed by atoms with Crippen molar-refractivity contribution < 1.29 is 9.21 Å². The van der Waals surface area contributed by atoms with Crippen molar-refractivity contribution in [2.24, 2.45) is 0 Å². The number of hydrogen-bond acceptors (Lipinski definition) is 5. The molecule has 0 atom stereocenters. The molecule has 136 valence electrons. The summed E-state index contributed by atoms with van der Waals surface area (Å²) in [7, 11) is 0. The molecule has 27 heavy (non-hydrogen) atoms. The maximum Gasteiger partial charge on any atom is 0.244 e. The summed E-state index contributed by atoms with van der Waals surface area (Å²) in [5, 5.41) is 10.1. The number of carbonyl (C=O) groups is 1. The molecular formula is C19H15ClN4O2S. The molecule has 3 aromatic heterocycles. The molecule has 8 heteroatoms. The number of benzene rings is 1. The van der Waals surface area contributed by atoms with Crippen LogP contribution in [0.5, 0.6) is 0 Å². The van der Waals surface area contributed by atoms with Crippen LogP contribution in [-0.4, -0.2) is 27.0 Å². The molecule has 0 fully saturated rings. The fourth-order valence-corrected chi connectivity index (χ4v) is 3.52. The van der Waals surface area contributed by atoms with Crippen LogP contribution in [0.4, 0.5) is 0 Å². The predicted octanol–water partition coefficient (Wildman–Crippen LogP) is 4.08. The Morgan fingerprint density at radius 2 is 2.15 bits per heavy atom. The van der Waals surface area contributed by atoms with Crippen LogP contribution >= 0.6 is 22.9 Å². The van der Waals surface area contributed by atoms with Crippen LogP contribution in [0.1, 0.15) is 11.5 Å². The normalized spacial score (nSPS) is 11.4. The van der Waals surface area contributed by atoms with Gasteiger partial charge in [0.2, 0.25) is 10.9 Å². The molecule has 3 heterocycles. The van der Waals surface area contributed by atoms with Gasteiger partial charge in [0.15, 0.2) is 5.82 Å². The molecule has 0 unspecified atom stereocenters. The molecular weight excluding hydrogens is 384 g/mol. The van der Waals surface area contributed by atoms with Gasteiger partial charge in [-0.1, -0.05) is 11.6 Å². The number of hydrogen-bond donors (Lipinski definition) is 1. The van der Waals surface area contributed by atoms with E-state index in [4.69, 9.17) is 16.0 Å². The zero-order valence-electron chi connectivity index (χ0n) is 14.1. The Bertz CT molecular complexity index is 1080. The van der Waals surface area contributed by atoms with Gasteiger partial charge in [-0.25, -0.2) is 4.52 Å². The number of rotatable bonds is 6. The highest BCUT2D eigenvalue weighted by Gasteiger charge is 2.11. The average molecular weight is 399 g/mol. The number of nitrogens with zero attached hydrogens (tertiary/aromatic N) is 3. The summed E-state index contributed by atoms with van der Waals surface area (Å²) in [5.74, 6) is 1.13. The third kappa shape index (κ3) is 4.10. The first-order chi connectivity index (χ1) is 13.2. The molecule has 0 saturated carbocycles. The Labute approximate surface area is 164 Å². The monoisotopic (exact) mass is 398 g/mol. The van der Waals surface area contributed by atoms with E-state index in [1.165, 1.54) is 17.4 Å². The highest BCUT2D eigenvalue weighted by Crippen LogP contribution is 2.22. The molecule has 0 aliphatic carbocycles. The lowest BCUT2D eigenvalue weighted by Gasteiger charge is -2.01. The lowest BCUT2D eigenvalue weighted by molar-refractivity contribution is -0.116. The molecule has 0 aliphatic heterocycles. The van der Waals surface area contributed by atoms with E-state index in [2.05, 4.69) is 15.4 Å². The van der Waals surface area contributed by atoms with E-state index in [0.717, 1.165) is 16.2 Å². The van der Waals surface area contributed by atoms with Gasteiger partial charge in [0, 0.05) is 35.0 Å². The van der Waals surface area contributed by atoms with Crippen LogP contribution in [0.2, 0.25) is 5.02 Å². The van der Waals surface area contributed by atoms with Crippen LogP contribution in [-0.2, 0) is 11.2 Å². The average Bonchev–Trinajstić information content (AvgIpc) is 3.39. The Hall–Kier alpha value is -2.90. The summed E-state index contributed by atoms with van der Waals surface area (Å²) in [4.78, 5) is 17.2. The zero-order chi connectivity index (χ0) is 18.6. The van der Waals surface area contributed by atoms with E-state index >= 15 is 0 Å². The van der Waals surface area contributed by atoms with Gasteiger partial charge in [0.1, 0.15) is 5.76 Å². The molecule has 0 radical (unpaired) electrons. The van der Waals surface area contributed by atoms with E-state index in [0.29, 0.717) is 29.6 Å². The third-order valence-corrected chi connectivity index (χ3v) is 4.99. The summed E-state index contributed by atoms with van der Waals surface area (Å²) >= 11 is 7.45. The summed E-state index contributed by atoms with van der Waals surface area (Å²) in [6, 6.07) is 11.0. The van der Waals surface area contributed by atoms with Crippen LogP contribution in [0.3, 0.4) is 0 Å². The Morgan fingerprint density at radius 3 is 2.93 bits per heavy atom. The summed E-state index contributed by atoms with van der Waals surface area (Å²) < 4.78 is 6.97. The van der Waals surface area contributed by atoms with Gasteiger partial charge in [-0.2, -0.15) is 4.98 Å². The van der Waals surface area contributed by atoms with Gasteiger partial charge in [0.05, 0.1) is 12.0 Å². The predicted molar refractivity (Wildman–Crippen MR) is 106 cm³/mol. The minimum absolute atomic E-state index is 0.168. The molecule has 6 nitrogen and oxygen atoms in total. The second-order valence-corrected chi connectivity index (χ2v) is 7.03. The number of aromatic nitrogens is 3.